The van der Waals surface area contributed by atoms with E-state index in [-0.39, 0.29) is 0 Å². The number of para-hydroxylation sites is 1. The van der Waals surface area contributed by atoms with Crippen LogP contribution in [0.1, 0.15) is 0 Å². The Balaban J connectivity index is 2.39. The van der Waals surface area contributed by atoms with E-state index in [1.54, 1.807) is 0 Å². The Hall–Kier alpha value is -0.920. The second-order valence-electron chi connectivity index (χ2n) is 3.27. The molecule has 0 atom stereocenters. The lowest BCUT2D eigenvalue weighted by Crippen LogP contribution is -1.92. The highest BCUT2D eigenvalue weighted by Crippen LogP contribution is 2.24. The topological polar surface area (TPSA) is 4.93 Å². The van der Waals surface area contributed by atoms with Crippen LogP contribution in [-0.4, -0.2) is 10.4 Å². The molecule has 0 aliphatic rings. The third kappa shape index (κ3) is 2.19. The quantitative estimate of drug-likeness (QED) is 0.562. The number of rotatable bonds is 3. The molecule has 3 heteroatoms. The average molecular weight is 240 g/mol. The molecule has 1 aromatic carbocycles. The fourth-order valence-electron chi connectivity index (χ4n) is 1.62. The zero-order valence-electron chi connectivity index (χ0n) is 8.16. The number of aromatic nitrogens is 1. The van der Waals surface area contributed by atoms with Crippen molar-refractivity contribution in [3.05, 3.63) is 47.6 Å². The molecule has 0 fully saturated rings. The summed E-state index contributed by atoms with van der Waals surface area (Å²) in [6, 6.07) is 7.99. The van der Waals surface area contributed by atoms with Crippen molar-refractivity contribution in [2.24, 2.45) is 0 Å². The standard InChI is InChI=1S/C12H11Cl2N/c13-7-1-2-8-15-9-6-10-4-3-5-11(14)12(10)15/h1-6,9H,7-8H2/b2-1+. The smallest absolute Gasteiger partial charge is 0.0672 e. The van der Waals surface area contributed by atoms with Gasteiger partial charge in [-0.3, -0.25) is 0 Å². The van der Waals surface area contributed by atoms with Gasteiger partial charge in [-0.2, -0.15) is 0 Å². The molecule has 0 spiro atoms. The van der Waals surface area contributed by atoms with Crippen LogP contribution in [0, 0.1) is 0 Å². The Morgan fingerprint density at radius 2 is 2.07 bits per heavy atom. The van der Waals surface area contributed by atoms with Crippen LogP contribution in [0.25, 0.3) is 10.9 Å². The molecular formula is C12H11Cl2N. The predicted octanol–water partition coefficient (Wildman–Crippen LogP) is 4.09. The van der Waals surface area contributed by atoms with Crippen molar-refractivity contribution in [2.75, 3.05) is 5.88 Å². The molecule has 78 valence electrons. The van der Waals surface area contributed by atoms with Crippen molar-refractivity contribution in [2.45, 2.75) is 6.54 Å². The zero-order chi connectivity index (χ0) is 10.7. The van der Waals surface area contributed by atoms with Gasteiger partial charge in [0, 0.05) is 24.0 Å². The number of hydrogen-bond acceptors (Lipinski definition) is 0. The normalized spacial score (nSPS) is 11.6. The molecule has 0 unspecified atom stereocenters. The SMILES string of the molecule is ClC/C=C/Cn1ccc2cccc(Cl)c21. The maximum Gasteiger partial charge on any atom is 0.0672 e. The van der Waals surface area contributed by atoms with Crippen LogP contribution in [0.5, 0.6) is 0 Å². The highest BCUT2D eigenvalue weighted by molar-refractivity contribution is 6.35. The molecule has 0 N–H and O–H groups in total. The number of benzene rings is 1. The molecule has 0 saturated carbocycles. The lowest BCUT2D eigenvalue weighted by molar-refractivity contribution is 0.862. The van der Waals surface area contributed by atoms with E-state index in [2.05, 4.69) is 16.7 Å². The molecule has 1 heterocycles. The third-order valence-electron chi connectivity index (χ3n) is 2.30. The maximum absolute atomic E-state index is 6.15. The number of allylic oxidation sites excluding steroid dienone is 2. The van der Waals surface area contributed by atoms with Crippen molar-refractivity contribution in [1.82, 2.24) is 4.57 Å². The van der Waals surface area contributed by atoms with Gasteiger partial charge in [-0.05, 0) is 12.1 Å². The van der Waals surface area contributed by atoms with Crippen molar-refractivity contribution < 1.29 is 0 Å². The average Bonchev–Trinajstić information content (AvgIpc) is 2.63. The lowest BCUT2D eigenvalue weighted by atomic mass is 10.2. The first kappa shape index (κ1) is 10.6. The fourth-order valence-corrected chi connectivity index (χ4v) is 2.03. The summed E-state index contributed by atoms with van der Waals surface area (Å²) in [7, 11) is 0. The fraction of sp³-hybridized carbons (Fsp3) is 0.167. The van der Waals surface area contributed by atoms with Crippen molar-refractivity contribution in [3.63, 3.8) is 0 Å². The van der Waals surface area contributed by atoms with Crippen LogP contribution in [0.2, 0.25) is 5.02 Å². The Morgan fingerprint density at radius 3 is 2.87 bits per heavy atom. The Morgan fingerprint density at radius 1 is 1.20 bits per heavy atom. The number of nitrogens with zero attached hydrogens (tertiary/aromatic N) is 1. The Kier molecular flexibility index (Phi) is 3.34. The second kappa shape index (κ2) is 4.73. The van der Waals surface area contributed by atoms with Gasteiger partial charge in [0.2, 0.25) is 0 Å². The van der Waals surface area contributed by atoms with Gasteiger partial charge >= 0.3 is 0 Å². The van der Waals surface area contributed by atoms with E-state index in [0.29, 0.717) is 5.88 Å². The monoisotopic (exact) mass is 239 g/mol. The Bertz CT molecular complexity index is 485. The maximum atomic E-state index is 6.15. The van der Waals surface area contributed by atoms with E-state index >= 15 is 0 Å². The van der Waals surface area contributed by atoms with Crippen LogP contribution in [0.15, 0.2) is 42.6 Å². The molecule has 0 aliphatic heterocycles. The molecule has 1 aromatic heterocycles. The molecule has 2 aromatic rings. The summed E-state index contributed by atoms with van der Waals surface area (Å²) in [5.74, 6) is 0.549. The van der Waals surface area contributed by atoms with Crippen molar-refractivity contribution >= 4 is 34.1 Å². The van der Waals surface area contributed by atoms with Gasteiger partial charge in [-0.1, -0.05) is 35.9 Å². The molecule has 0 radical (unpaired) electrons. The molecule has 0 bridgehead atoms. The first-order valence-electron chi connectivity index (χ1n) is 4.77. The molecule has 15 heavy (non-hydrogen) atoms. The predicted molar refractivity (Wildman–Crippen MR) is 66.8 cm³/mol. The van der Waals surface area contributed by atoms with Crippen LogP contribution >= 0.6 is 23.2 Å². The second-order valence-corrected chi connectivity index (χ2v) is 3.99. The number of halogens is 2. The van der Waals surface area contributed by atoms with E-state index < -0.39 is 0 Å². The summed E-state index contributed by atoms with van der Waals surface area (Å²) in [5, 5.41) is 1.96. The van der Waals surface area contributed by atoms with E-state index in [1.165, 1.54) is 5.39 Å². The van der Waals surface area contributed by atoms with Gasteiger partial charge in [0.1, 0.15) is 0 Å². The van der Waals surface area contributed by atoms with Crippen LogP contribution in [0.4, 0.5) is 0 Å². The van der Waals surface area contributed by atoms with Gasteiger partial charge in [0.15, 0.2) is 0 Å². The minimum Gasteiger partial charge on any atom is -0.342 e. The molecule has 0 amide bonds. The zero-order valence-corrected chi connectivity index (χ0v) is 9.67. The van der Waals surface area contributed by atoms with Gasteiger partial charge in [0.05, 0.1) is 10.5 Å². The van der Waals surface area contributed by atoms with Crippen molar-refractivity contribution in [3.8, 4) is 0 Å². The summed E-state index contributed by atoms with van der Waals surface area (Å²) in [4.78, 5) is 0. The van der Waals surface area contributed by atoms with Crippen LogP contribution < -0.4 is 0 Å². The summed E-state index contributed by atoms with van der Waals surface area (Å²) in [6.07, 6.45) is 6.01. The highest BCUT2D eigenvalue weighted by Gasteiger charge is 2.02. The summed E-state index contributed by atoms with van der Waals surface area (Å²) >= 11 is 11.7. The molecular weight excluding hydrogens is 229 g/mol. The first-order chi connectivity index (χ1) is 7.33. The summed E-state index contributed by atoms with van der Waals surface area (Å²) in [5.41, 5.74) is 1.08. The summed E-state index contributed by atoms with van der Waals surface area (Å²) in [6.45, 7) is 0.806. The van der Waals surface area contributed by atoms with Crippen LogP contribution in [-0.2, 0) is 6.54 Å². The largest absolute Gasteiger partial charge is 0.342 e. The Labute approximate surface area is 98.9 Å². The van der Waals surface area contributed by atoms with Gasteiger partial charge < -0.3 is 4.57 Å². The van der Waals surface area contributed by atoms with E-state index in [4.69, 9.17) is 23.2 Å². The molecule has 0 aliphatic carbocycles. The third-order valence-corrected chi connectivity index (χ3v) is 2.78. The molecule has 0 saturated heterocycles. The summed E-state index contributed by atoms with van der Waals surface area (Å²) < 4.78 is 2.11. The number of fused-ring (bicyclic) bond motifs is 1. The van der Waals surface area contributed by atoms with Gasteiger partial charge in [-0.15, -0.1) is 11.6 Å². The number of alkyl halides is 1. The van der Waals surface area contributed by atoms with Crippen LogP contribution in [0.3, 0.4) is 0 Å². The van der Waals surface area contributed by atoms with E-state index in [9.17, 15) is 0 Å². The van der Waals surface area contributed by atoms with Crippen molar-refractivity contribution in [1.29, 1.82) is 0 Å². The van der Waals surface area contributed by atoms with Gasteiger partial charge in [-0.25, -0.2) is 0 Å². The molecule has 1 nitrogen and oxygen atoms in total. The first-order valence-corrected chi connectivity index (χ1v) is 5.68. The minimum atomic E-state index is 0.549. The number of hydrogen-bond donors (Lipinski definition) is 0. The van der Waals surface area contributed by atoms with E-state index in [1.807, 2.05) is 30.5 Å². The van der Waals surface area contributed by atoms with E-state index in [0.717, 1.165) is 17.1 Å². The lowest BCUT2D eigenvalue weighted by Gasteiger charge is -2.02. The highest BCUT2D eigenvalue weighted by atomic mass is 35.5. The minimum absolute atomic E-state index is 0.549. The van der Waals surface area contributed by atoms with Gasteiger partial charge in [0.25, 0.3) is 0 Å². The molecule has 2 rings (SSSR count).